The fourth-order valence-corrected chi connectivity index (χ4v) is 5.08. The van der Waals surface area contributed by atoms with Crippen molar-refractivity contribution in [1.29, 1.82) is 0 Å². The van der Waals surface area contributed by atoms with Gasteiger partial charge in [0.25, 0.3) is 0 Å². The van der Waals surface area contributed by atoms with Crippen molar-refractivity contribution < 1.29 is 37.6 Å². The summed E-state index contributed by atoms with van der Waals surface area (Å²) in [6.07, 6.45) is 37.0. The summed E-state index contributed by atoms with van der Waals surface area (Å²) in [5, 5.41) is 0. The van der Waals surface area contributed by atoms with E-state index in [9.17, 15) is 19.0 Å². The zero-order valence-electron chi connectivity index (χ0n) is 29.2. The highest BCUT2D eigenvalue weighted by atomic mass is 31.2. The zero-order valence-corrected chi connectivity index (χ0v) is 30.1. The molecule has 1 unspecified atom stereocenters. The Morgan fingerprint density at radius 2 is 1.17 bits per heavy atom. The molecule has 0 rings (SSSR count). The predicted molar refractivity (Wildman–Crippen MR) is 192 cm³/mol. The van der Waals surface area contributed by atoms with Gasteiger partial charge in [0.2, 0.25) is 0 Å². The predicted octanol–water partition coefficient (Wildman–Crippen LogP) is 9.38. The van der Waals surface area contributed by atoms with Crippen LogP contribution in [0.2, 0.25) is 0 Å². The minimum Gasteiger partial charge on any atom is -0.462 e. The van der Waals surface area contributed by atoms with E-state index in [-0.39, 0.29) is 32.6 Å². The lowest BCUT2D eigenvalue weighted by molar-refractivity contribution is -0.161. The molecule has 0 saturated carbocycles. The molecule has 0 aromatic heterocycles. The SMILES string of the molecule is CC/C=C\C/C=C\C/C=C\C/C=C\C/C=C\CCCC(=O)OC[C@H](COP(=O)(O)OCCN)OC(=O)CCCCCCCCCCC. The average Bonchev–Trinajstić information content (AvgIpc) is 3.05. The maximum atomic E-state index is 12.4. The summed E-state index contributed by atoms with van der Waals surface area (Å²) in [6.45, 7) is 3.49. The normalized spacial score (nSPS) is 14.2. The molecule has 0 aliphatic rings. The molecular weight excluding hydrogens is 617 g/mol. The summed E-state index contributed by atoms with van der Waals surface area (Å²) in [4.78, 5) is 34.5. The molecule has 0 saturated heterocycles. The third-order valence-electron chi connectivity index (χ3n) is 6.92. The fraction of sp³-hybridized carbons (Fsp3) is 0.676. The molecule has 3 N–H and O–H groups in total. The first-order valence-corrected chi connectivity index (χ1v) is 19.3. The van der Waals surface area contributed by atoms with Crippen LogP contribution >= 0.6 is 7.82 Å². The van der Waals surface area contributed by atoms with E-state index < -0.39 is 32.5 Å². The van der Waals surface area contributed by atoms with Gasteiger partial charge >= 0.3 is 19.8 Å². The van der Waals surface area contributed by atoms with Gasteiger partial charge in [-0.25, -0.2) is 4.57 Å². The van der Waals surface area contributed by atoms with Gasteiger partial charge in [0.15, 0.2) is 6.10 Å². The minimum atomic E-state index is -4.38. The number of allylic oxidation sites excluding steroid dienone is 10. The Kier molecular flexibility index (Phi) is 32.0. The second kappa shape index (κ2) is 33.6. The number of hydrogen-bond acceptors (Lipinski definition) is 8. The lowest BCUT2D eigenvalue weighted by Gasteiger charge is -2.19. The molecule has 10 heteroatoms. The van der Waals surface area contributed by atoms with Crippen molar-refractivity contribution in [3.8, 4) is 0 Å². The first-order valence-electron chi connectivity index (χ1n) is 17.8. The molecule has 2 atom stereocenters. The highest BCUT2D eigenvalue weighted by molar-refractivity contribution is 7.47. The standard InChI is InChI=1S/C37H64NO8P/c1-3-5-7-9-11-13-14-15-16-17-18-19-20-22-23-25-27-29-36(39)43-33-35(34-45-47(41,42)44-32-31-38)46-37(40)30-28-26-24-21-12-10-8-6-4-2/h5,7,11,13,15-16,18-19,22-23,35H,3-4,6,8-10,12,14,17,20-21,24-34,38H2,1-2H3,(H,41,42)/b7-5-,13-11-,16-15-,19-18-,23-22-/t35-/m1/s1. The van der Waals surface area contributed by atoms with Gasteiger partial charge in [-0.15, -0.1) is 0 Å². The Labute approximate surface area is 285 Å². The molecule has 0 aliphatic carbocycles. The lowest BCUT2D eigenvalue weighted by Crippen LogP contribution is -2.29. The average molecular weight is 682 g/mol. The maximum Gasteiger partial charge on any atom is 0.472 e. The molecular formula is C37H64NO8P. The monoisotopic (exact) mass is 681 g/mol. The number of hydrogen-bond donors (Lipinski definition) is 2. The Morgan fingerprint density at radius 1 is 0.660 bits per heavy atom. The summed E-state index contributed by atoms with van der Waals surface area (Å²) in [7, 11) is -4.38. The van der Waals surface area contributed by atoms with Crippen molar-refractivity contribution >= 4 is 19.8 Å². The first kappa shape index (κ1) is 44.7. The smallest absolute Gasteiger partial charge is 0.462 e. The molecule has 0 bridgehead atoms. The van der Waals surface area contributed by atoms with Crippen molar-refractivity contribution in [2.75, 3.05) is 26.4 Å². The quantitative estimate of drug-likeness (QED) is 0.0308. The van der Waals surface area contributed by atoms with Crippen LogP contribution in [0.3, 0.4) is 0 Å². The second-order valence-corrected chi connectivity index (χ2v) is 12.8. The van der Waals surface area contributed by atoms with E-state index in [2.05, 4.69) is 68.5 Å². The second-order valence-electron chi connectivity index (χ2n) is 11.4. The number of phosphoric acid groups is 1. The summed E-state index contributed by atoms with van der Waals surface area (Å²) in [5.41, 5.74) is 5.31. The van der Waals surface area contributed by atoms with E-state index in [1.54, 1.807) is 0 Å². The van der Waals surface area contributed by atoms with Gasteiger partial charge < -0.3 is 20.1 Å². The summed E-state index contributed by atoms with van der Waals surface area (Å²) in [6, 6.07) is 0. The number of ether oxygens (including phenoxy) is 2. The van der Waals surface area contributed by atoms with Crippen molar-refractivity contribution in [1.82, 2.24) is 0 Å². The zero-order chi connectivity index (χ0) is 34.7. The van der Waals surface area contributed by atoms with Gasteiger partial charge in [-0.05, 0) is 51.4 Å². The van der Waals surface area contributed by atoms with E-state index in [1.165, 1.54) is 32.1 Å². The Morgan fingerprint density at radius 3 is 1.72 bits per heavy atom. The molecule has 0 aromatic rings. The molecule has 9 nitrogen and oxygen atoms in total. The number of nitrogens with two attached hydrogens (primary N) is 1. The van der Waals surface area contributed by atoms with Crippen LogP contribution in [0.25, 0.3) is 0 Å². The van der Waals surface area contributed by atoms with Gasteiger partial charge in [-0.3, -0.25) is 18.6 Å². The van der Waals surface area contributed by atoms with Gasteiger partial charge in [-0.1, -0.05) is 126 Å². The Hall–Kier alpha value is -2.29. The van der Waals surface area contributed by atoms with Crippen molar-refractivity contribution in [3.63, 3.8) is 0 Å². The number of carbonyl (C=O) groups excluding carboxylic acids is 2. The third-order valence-corrected chi connectivity index (χ3v) is 7.90. The number of esters is 2. The van der Waals surface area contributed by atoms with Crippen molar-refractivity contribution in [2.45, 2.75) is 136 Å². The Balaban J connectivity index is 4.34. The van der Waals surface area contributed by atoms with Crippen LogP contribution in [0.15, 0.2) is 60.8 Å². The highest BCUT2D eigenvalue weighted by Crippen LogP contribution is 2.43. The van der Waals surface area contributed by atoms with Gasteiger partial charge in [-0.2, -0.15) is 0 Å². The molecule has 0 fully saturated rings. The van der Waals surface area contributed by atoms with Crippen LogP contribution in [0, 0.1) is 0 Å². The van der Waals surface area contributed by atoms with Crippen LogP contribution < -0.4 is 5.73 Å². The number of rotatable bonds is 32. The molecule has 0 amide bonds. The van der Waals surface area contributed by atoms with E-state index >= 15 is 0 Å². The van der Waals surface area contributed by atoms with Crippen LogP contribution in [-0.4, -0.2) is 49.3 Å². The van der Waals surface area contributed by atoms with E-state index in [1.807, 2.05) is 6.08 Å². The minimum absolute atomic E-state index is 0.0439. The van der Waals surface area contributed by atoms with Crippen LogP contribution in [0.4, 0.5) is 0 Å². The summed E-state index contributed by atoms with van der Waals surface area (Å²) >= 11 is 0. The fourth-order valence-electron chi connectivity index (χ4n) is 4.31. The Bertz CT molecular complexity index is 960. The van der Waals surface area contributed by atoms with Gasteiger partial charge in [0.05, 0.1) is 13.2 Å². The first-order chi connectivity index (χ1) is 22.8. The molecule has 0 radical (unpaired) electrons. The van der Waals surface area contributed by atoms with E-state index in [0.29, 0.717) is 12.8 Å². The third kappa shape index (κ3) is 33.4. The number of carbonyl (C=O) groups is 2. The maximum absolute atomic E-state index is 12.4. The molecule has 0 aliphatic heterocycles. The van der Waals surface area contributed by atoms with Gasteiger partial charge in [0, 0.05) is 19.4 Å². The lowest BCUT2D eigenvalue weighted by atomic mass is 10.1. The topological polar surface area (TPSA) is 134 Å². The number of phosphoric ester groups is 1. The van der Waals surface area contributed by atoms with Crippen LogP contribution in [0.5, 0.6) is 0 Å². The molecule has 270 valence electrons. The van der Waals surface area contributed by atoms with Crippen LogP contribution in [0.1, 0.15) is 129 Å². The van der Waals surface area contributed by atoms with Crippen molar-refractivity contribution in [3.05, 3.63) is 60.8 Å². The van der Waals surface area contributed by atoms with Gasteiger partial charge in [0.1, 0.15) is 6.61 Å². The van der Waals surface area contributed by atoms with E-state index in [4.69, 9.17) is 24.3 Å². The summed E-state index contributed by atoms with van der Waals surface area (Å²) in [5.74, 6) is -0.907. The van der Waals surface area contributed by atoms with Crippen molar-refractivity contribution in [2.24, 2.45) is 5.73 Å². The van der Waals surface area contributed by atoms with Crippen LogP contribution in [-0.2, 0) is 32.7 Å². The molecule has 0 spiro atoms. The number of unbranched alkanes of at least 4 members (excludes halogenated alkanes) is 9. The summed E-state index contributed by atoms with van der Waals surface area (Å²) < 4.78 is 32.5. The molecule has 0 heterocycles. The largest absolute Gasteiger partial charge is 0.472 e. The molecule has 47 heavy (non-hydrogen) atoms. The molecule has 0 aromatic carbocycles. The highest BCUT2D eigenvalue weighted by Gasteiger charge is 2.25. The van der Waals surface area contributed by atoms with E-state index in [0.717, 1.165) is 57.8 Å².